The van der Waals surface area contributed by atoms with E-state index in [-0.39, 0.29) is 16.3 Å². The molecule has 1 heterocycles. The first-order valence-electron chi connectivity index (χ1n) is 5.49. The smallest absolute Gasteiger partial charge is 0.201 e. The second kappa shape index (κ2) is 4.38. The van der Waals surface area contributed by atoms with Crippen LogP contribution >= 0.6 is 11.6 Å². The van der Waals surface area contributed by atoms with Gasteiger partial charge in [0.1, 0.15) is 16.9 Å². The van der Waals surface area contributed by atoms with Crippen molar-refractivity contribution in [2.24, 2.45) is 0 Å². The van der Waals surface area contributed by atoms with Crippen LogP contribution in [-0.4, -0.2) is 10.4 Å². The van der Waals surface area contributed by atoms with Gasteiger partial charge in [0.05, 0.1) is 0 Å². The van der Waals surface area contributed by atoms with E-state index in [4.69, 9.17) is 16.4 Å². The lowest BCUT2D eigenvalue weighted by Gasteiger charge is -2.16. The number of fused-ring (bicyclic) bond motifs is 1. The minimum absolute atomic E-state index is 0.0601. The monoisotopic (exact) mass is 280 g/mol. The molecule has 1 aliphatic rings. The molecule has 1 aliphatic heterocycles. The average Bonchev–Trinajstić information content (AvgIpc) is 2.72. The molecule has 0 aliphatic carbocycles. The van der Waals surface area contributed by atoms with E-state index in [0.717, 1.165) is 0 Å². The fourth-order valence-corrected chi connectivity index (χ4v) is 2.32. The Hall–Kier alpha value is -1.82. The molecule has 0 bridgehead atoms. The molecule has 1 atom stereocenters. The van der Waals surface area contributed by atoms with E-state index in [1.807, 2.05) is 0 Å². The Bertz CT molecular complexity index is 650. The van der Waals surface area contributed by atoms with Crippen molar-refractivity contribution in [2.45, 2.75) is 6.04 Å². The molecule has 0 spiro atoms. The van der Waals surface area contributed by atoms with Crippen LogP contribution in [0.5, 0.6) is 11.5 Å². The molecule has 0 fully saturated rings. The summed E-state index contributed by atoms with van der Waals surface area (Å²) in [6, 6.07) is 7.88. The predicted molar refractivity (Wildman–Crippen MR) is 64.1 cm³/mol. The van der Waals surface area contributed by atoms with Gasteiger partial charge < -0.3 is 4.84 Å². The molecule has 2 aromatic rings. The van der Waals surface area contributed by atoms with Crippen LogP contribution in [0.3, 0.4) is 0 Å². The van der Waals surface area contributed by atoms with Gasteiger partial charge in [0.15, 0.2) is 5.75 Å². The zero-order valence-electron chi connectivity index (χ0n) is 9.51. The lowest BCUT2D eigenvalue weighted by Crippen LogP contribution is -2.23. The Morgan fingerprint density at radius 3 is 2.68 bits per heavy atom. The summed E-state index contributed by atoms with van der Waals surface area (Å²) in [5.41, 5.74) is 0.677. The number of benzene rings is 2. The molecule has 4 nitrogen and oxygen atoms in total. The van der Waals surface area contributed by atoms with Crippen molar-refractivity contribution < 1.29 is 19.5 Å². The van der Waals surface area contributed by atoms with Crippen molar-refractivity contribution in [1.29, 1.82) is 0 Å². The molecule has 1 radical (unpaired) electrons. The minimum Gasteiger partial charge on any atom is -0.378 e. The van der Waals surface area contributed by atoms with Crippen molar-refractivity contribution in [3.8, 4) is 11.5 Å². The van der Waals surface area contributed by atoms with Crippen LogP contribution in [0.15, 0.2) is 36.4 Å². The normalized spacial score (nSPS) is 18.2. The Labute approximate surface area is 113 Å². The third-order valence-electron chi connectivity index (χ3n) is 2.99. The van der Waals surface area contributed by atoms with E-state index in [1.165, 1.54) is 24.3 Å². The van der Waals surface area contributed by atoms with Crippen LogP contribution in [0.25, 0.3) is 0 Å². The van der Waals surface area contributed by atoms with E-state index in [0.29, 0.717) is 10.8 Å². The molecule has 97 valence electrons. The summed E-state index contributed by atoms with van der Waals surface area (Å²) in [7, 11) is 0. The maximum Gasteiger partial charge on any atom is 0.201 e. The molecular formula is C13H8ClFNO3. The number of hydroxylamine groups is 2. The van der Waals surface area contributed by atoms with Gasteiger partial charge >= 0.3 is 0 Å². The van der Waals surface area contributed by atoms with E-state index in [2.05, 4.69) is 0 Å². The molecule has 3 rings (SSSR count). The van der Waals surface area contributed by atoms with E-state index < -0.39 is 17.6 Å². The maximum absolute atomic E-state index is 13.8. The first kappa shape index (κ1) is 12.2. The van der Waals surface area contributed by atoms with Gasteiger partial charge in [0, 0.05) is 11.1 Å². The van der Waals surface area contributed by atoms with E-state index in [1.54, 1.807) is 12.1 Å². The molecule has 19 heavy (non-hydrogen) atoms. The molecule has 1 unspecified atom stereocenters. The highest BCUT2D eigenvalue weighted by Crippen LogP contribution is 2.47. The van der Waals surface area contributed by atoms with Gasteiger partial charge in [-0.05, 0) is 23.4 Å². The predicted octanol–water partition coefficient (Wildman–Crippen LogP) is 3.71. The fourth-order valence-electron chi connectivity index (χ4n) is 2.11. The summed E-state index contributed by atoms with van der Waals surface area (Å²) < 4.78 is 13.8. The standard InChI is InChI=1S/C13H8ClFNO3/c14-11-10(17)6-5-8-12(16(18)19-13(8)11)7-3-1-2-4-9(7)15/h1-6,12,18H. The lowest BCUT2D eigenvalue weighted by molar-refractivity contribution is -0.287. The van der Waals surface area contributed by atoms with Crippen molar-refractivity contribution in [3.05, 3.63) is 58.4 Å². The number of rotatable bonds is 1. The largest absolute Gasteiger partial charge is 0.378 e. The summed E-state index contributed by atoms with van der Waals surface area (Å²) >= 11 is 5.83. The molecule has 0 saturated heterocycles. The van der Waals surface area contributed by atoms with Gasteiger partial charge in [-0.3, -0.25) is 10.3 Å². The topological polar surface area (TPSA) is 52.6 Å². The van der Waals surface area contributed by atoms with Gasteiger partial charge in [-0.2, -0.15) is 0 Å². The number of hydrogen-bond donors (Lipinski definition) is 1. The van der Waals surface area contributed by atoms with Crippen LogP contribution in [0, 0.1) is 5.82 Å². The SMILES string of the molecule is [O]c1ccc2c(c1Cl)ON(O)C2c1ccccc1F. The van der Waals surface area contributed by atoms with Crippen molar-refractivity contribution in [1.82, 2.24) is 5.23 Å². The Balaban J connectivity index is 2.17. The van der Waals surface area contributed by atoms with E-state index >= 15 is 0 Å². The van der Waals surface area contributed by atoms with Gasteiger partial charge in [-0.25, -0.2) is 4.39 Å². The van der Waals surface area contributed by atoms with Gasteiger partial charge in [-0.15, -0.1) is 0 Å². The first-order valence-corrected chi connectivity index (χ1v) is 5.87. The Morgan fingerprint density at radius 2 is 1.95 bits per heavy atom. The number of halogens is 2. The third kappa shape index (κ3) is 1.83. The van der Waals surface area contributed by atoms with Crippen LogP contribution in [0.1, 0.15) is 17.2 Å². The zero-order valence-corrected chi connectivity index (χ0v) is 10.3. The minimum atomic E-state index is -0.853. The van der Waals surface area contributed by atoms with Gasteiger partial charge in [-0.1, -0.05) is 29.8 Å². The van der Waals surface area contributed by atoms with Crippen LogP contribution < -0.4 is 4.84 Å². The van der Waals surface area contributed by atoms with Gasteiger partial charge in [0.2, 0.25) is 5.75 Å². The van der Waals surface area contributed by atoms with Crippen LogP contribution in [-0.2, 0) is 5.11 Å². The summed E-state index contributed by atoms with van der Waals surface area (Å²) in [5.74, 6) is -0.835. The van der Waals surface area contributed by atoms with E-state index in [9.17, 15) is 14.7 Å². The Morgan fingerprint density at radius 1 is 1.21 bits per heavy atom. The summed E-state index contributed by atoms with van der Waals surface area (Å²) in [6.45, 7) is 0. The fraction of sp³-hybridized carbons (Fsp3) is 0.0769. The highest BCUT2D eigenvalue weighted by Gasteiger charge is 2.37. The van der Waals surface area contributed by atoms with Gasteiger partial charge in [0.25, 0.3) is 0 Å². The number of nitrogens with zero attached hydrogens (tertiary/aromatic N) is 1. The second-order valence-corrected chi connectivity index (χ2v) is 4.49. The average molecular weight is 281 g/mol. The Kier molecular flexibility index (Phi) is 2.82. The second-order valence-electron chi connectivity index (χ2n) is 4.11. The molecular weight excluding hydrogens is 273 g/mol. The molecule has 0 amide bonds. The van der Waals surface area contributed by atoms with Crippen molar-refractivity contribution in [3.63, 3.8) is 0 Å². The highest BCUT2D eigenvalue weighted by atomic mass is 35.5. The van der Waals surface area contributed by atoms with Crippen molar-refractivity contribution in [2.75, 3.05) is 0 Å². The van der Waals surface area contributed by atoms with Crippen LogP contribution in [0.2, 0.25) is 5.02 Å². The van der Waals surface area contributed by atoms with Crippen molar-refractivity contribution >= 4 is 11.6 Å². The molecule has 1 N–H and O–H groups in total. The molecule has 0 aromatic heterocycles. The molecule has 6 heteroatoms. The molecule has 2 aromatic carbocycles. The lowest BCUT2D eigenvalue weighted by atomic mass is 9.98. The maximum atomic E-state index is 13.8. The first-order chi connectivity index (χ1) is 9.09. The van der Waals surface area contributed by atoms with Crippen LogP contribution in [0.4, 0.5) is 4.39 Å². The number of hydrogen-bond acceptors (Lipinski definition) is 3. The highest BCUT2D eigenvalue weighted by molar-refractivity contribution is 6.33. The quantitative estimate of drug-likeness (QED) is 0.866. The molecule has 0 saturated carbocycles. The summed E-state index contributed by atoms with van der Waals surface area (Å²) in [6.07, 6.45) is 0. The summed E-state index contributed by atoms with van der Waals surface area (Å²) in [5, 5.41) is 21.6. The third-order valence-corrected chi connectivity index (χ3v) is 3.35. The zero-order chi connectivity index (χ0) is 13.6. The summed E-state index contributed by atoms with van der Waals surface area (Å²) in [4.78, 5) is 5.03.